The Kier molecular flexibility index (Phi) is 11.9. The van der Waals surface area contributed by atoms with Gasteiger partial charge >= 0.3 is 5.97 Å². The maximum atomic E-state index is 13.4. The molecule has 0 saturated carbocycles. The van der Waals surface area contributed by atoms with Crippen LogP contribution in [0, 0.1) is 11.8 Å². The van der Waals surface area contributed by atoms with Gasteiger partial charge in [0.25, 0.3) is 0 Å². The number of aliphatic carboxylic acids is 1. The molecule has 7 N–H and O–H groups in total. The molecule has 0 fully saturated rings. The van der Waals surface area contributed by atoms with Gasteiger partial charge in [0.15, 0.2) is 0 Å². The number of amides is 3. The van der Waals surface area contributed by atoms with Gasteiger partial charge in [-0.05, 0) is 30.2 Å². The third-order valence-electron chi connectivity index (χ3n) is 6.36. The number of rotatable bonds is 15. The summed E-state index contributed by atoms with van der Waals surface area (Å²) in [5, 5.41) is 17.6. The first kappa shape index (κ1) is 30.5. The number of hydrogen-bond acceptors (Lipinski definition) is 6. The van der Waals surface area contributed by atoms with Crippen molar-refractivity contribution >= 4 is 23.7 Å². The fourth-order valence-corrected chi connectivity index (χ4v) is 3.98. The maximum Gasteiger partial charge on any atom is 0.326 e. The molecule has 0 aliphatic heterocycles. The van der Waals surface area contributed by atoms with Gasteiger partial charge in [0, 0.05) is 18.3 Å². The average molecular weight is 529 g/mol. The maximum absolute atomic E-state index is 13.4. The van der Waals surface area contributed by atoms with E-state index in [9.17, 15) is 24.3 Å². The minimum Gasteiger partial charge on any atom is -0.480 e. The summed E-state index contributed by atoms with van der Waals surface area (Å²) in [5.74, 6) is -3.08. The van der Waals surface area contributed by atoms with Gasteiger partial charge < -0.3 is 31.8 Å². The van der Waals surface area contributed by atoms with Crippen molar-refractivity contribution in [2.45, 2.75) is 77.5 Å². The number of aromatic amines is 1. The molecule has 0 aliphatic carbocycles. The molecular formula is C27H40N6O5. The summed E-state index contributed by atoms with van der Waals surface area (Å²) in [6.07, 6.45) is 4.19. The normalized spacial score (nSPS) is 15.1. The molecule has 1 aromatic carbocycles. The number of nitrogens with two attached hydrogens (primary N) is 1. The van der Waals surface area contributed by atoms with Crippen LogP contribution < -0.4 is 21.7 Å². The molecule has 1 heterocycles. The number of nitrogens with zero attached hydrogens (tertiary/aromatic N) is 1. The van der Waals surface area contributed by atoms with Crippen LogP contribution >= 0.6 is 0 Å². The van der Waals surface area contributed by atoms with E-state index in [4.69, 9.17) is 5.73 Å². The number of H-pyrrole nitrogens is 1. The third-order valence-corrected chi connectivity index (χ3v) is 6.36. The summed E-state index contributed by atoms with van der Waals surface area (Å²) in [7, 11) is 0. The standard InChI is InChI=1S/C27H40N6O5/c1-5-17(4)23(26(36)32-22(27(37)38)11-16(2)3)33-25(35)21(13-19-14-29-15-30-19)31-24(34)20(28)12-18-9-7-6-8-10-18/h6-10,14-17,20-23H,5,11-13,28H2,1-4H3,(H,29,30)(H,31,34)(H,32,36)(H,33,35)(H,37,38). The minimum atomic E-state index is -1.14. The van der Waals surface area contributed by atoms with E-state index in [1.54, 1.807) is 13.1 Å². The van der Waals surface area contributed by atoms with Crippen LogP contribution in [0.5, 0.6) is 0 Å². The molecule has 2 rings (SSSR count). The van der Waals surface area contributed by atoms with Gasteiger partial charge in [-0.2, -0.15) is 0 Å². The summed E-state index contributed by atoms with van der Waals surface area (Å²) in [4.78, 5) is 58.1. The molecule has 2 aromatic rings. The molecular weight excluding hydrogens is 488 g/mol. The number of nitrogens with one attached hydrogen (secondary N) is 4. The molecule has 3 amide bonds. The van der Waals surface area contributed by atoms with Gasteiger partial charge in [0.2, 0.25) is 17.7 Å². The zero-order valence-electron chi connectivity index (χ0n) is 22.4. The van der Waals surface area contributed by atoms with Crippen LogP contribution in [0.1, 0.15) is 51.8 Å². The summed E-state index contributed by atoms with van der Waals surface area (Å²) < 4.78 is 0. The lowest BCUT2D eigenvalue weighted by atomic mass is 9.96. The lowest BCUT2D eigenvalue weighted by Crippen LogP contribution is -2.59. The quantitative estimate of drug-likeness (QED) is 0.201. The second-order valence-electron chi connectivity index (χ2n) is 10.0. The van der Waals surface area contributed by atoms with Gasteiger partial charge in [0.05, 0.1) is 12.4 Å². The van der Waals surface area contributed by atoms with Crippen LogP contribution in [0.15, 0.2) is 42.9 Å². The Hall–Kier alpha value is -3.73. The Morgan fingerprint density at radius 3 is 2.16 bits per heavy atom. The first-order valence-corrected chi connectivity index (χ1v) is 12.9. The Morgan fingerprint density at radius 1 is 0.947 bits per heavy atom. The Balaban J connectivity index is 2.19. The molecule has 0 aliphatic rings. The summed E-state index contributed by atoms with van der Waals surface area (Å²) in [6, 6.07) is 5.27. The smallest absolute Gasteiger partial charge is 0.326 e. The van der Waals surface area contributed by atoms with Crippen molar-refractivity contribution < 1.29 is 24.3 Å². The van der Waals surface area contributed by atoms with Gasteiger partial charge in [-0.3, -0.25) is 14.4 Å². The molecule has 208 valence electrons. The van der Waals surface area contributed by atoms with Crippen molar-refractivity contribution in [1.29, 1.82) is 0 Å². The van der Waals surface area contributed by atoms with Crippen molar-refractivity contribution in [2.24, 2.45) is 17.6 Å². The van der Waals surface area contributed by atoms with Crippen molar-refractivity contribution in [2.75, 3.05) is 0 Å². The monoisotopic (exact) mass is 528 g/mol. The Morgan fingerprint density at radius 2 is 1.61 bits per heavy atom. The topological polar surface area (TPSA) is 179 Å². The van der Waals surface area contributed by atoms with E-state index in [2.05, 4.69) is 25.9 Å². The van der Waals surface area contributed by atoms with Crippen molar-refractivity contribution in [3.63, 3.8) is 0 Å². The van der Waals surface area contributed by atoms with Gasteiger partial charge in [-0.25, -0.2) is 9.78 Å². The molecule has 0 spiro atoms. The van der Waals surface area contributed by atoms with Crippen LogP contribution in [0.25, 0.3) is 0 Å². The number of benzene rings is 1. The largest absolute Gasteiger partial charge is 0.480 e. The minimum absolute atomic E-state index is 0.0436. The number of hydrogen-bond donors (Lipinski definition) is 6. The lowest BCUT2D eigenvalue weighted by Gasteiger charge is -2.28. The number of carbonyl (C=O) groups is 4. The SMILES string of the molecule is CCC(C)C(NC(=O)C(Cc1cnc[nH]1)NC(=O)C(N)Cc1ccccc1)C(=O)NC(CC(C)C)C(=O)O. The van der Waals surface area contributed by atoms with E-state index in [1.807, 2.05) is 51.1 Å². The predicted octanol–water partition coefficient (Wildman–Crippen LogP) is 1.15. The van der Waals surface area contributed by atoms with E-state index in [-0.39, 0.29) is 31.1 Å². The highest BCUT2D eigenvalue weighted by Gasteiger charge is 2.33. The fourth-order valence-electron chi connectivity index (χ4n) is 3.98. The van der Waals surface area contributed by atoms with Crippen LogP contribution in [-0.2, 0) is 32.0 Å². The van der Waals surface area contributed by atoms with E-state index < -0.39 is 47.9 Å². The lowest BCUT2D eigenvalue weighted by molar-refractivity contribution is -0.143. The van der Waals surface area contributed by atoms with Crippen molar-refractivity contribution in [3.05, 3.63) is 54.1 Å². The van der Waals surface area contributed by atoms with E-state index >= 15 is 0 Å². The number of carboxylic acid groups (broad SMARTS) is 1. The van der Waals surface area contributed by atoms with Gasteiger partial charge in [-0.1, -0.05) is 64.4 Å². The summed E-state index contributed by atoms with van der Waals surface area (Å²) >= 11 is 0. The summed E-state index contributed by atoms with van der Waals surface area (Å²) in [6.45, 7) is 7.38. The third kappa shape index (κ3) is 9.62. The highest BCUT2D eigenvalue weighted by Crippen LogP contribution is 2.12. The van der Waals surface area contributed by atoms with Crippen molar-refractivity contribution in [1.82, 2.24) is 25.9 Å². The van der Waals surface area contributed by atoms with Crippen LogP contribution in [-0.4, -0.2) is 62.9 Å². The Labute approximate surface area is 223 Å². The number of carboxylic acids is 1. The molecule has 5 unspecified atom stereocenters. The fraction of sp³-hybridized carbons (Fsp3) is 0.519. The van der Waals surface area contributed by atoms with E-state index in [0.717, 1.165) is 5.56 Å². The Bertz CT molecular complexity index is 1040. The second kappa shape index (κ2) is 14.9. The molecule has 5 atom stereocenters. The van der Waals surface area contributed by atoms with E-state index in [1.165, 1.54) is 6.33 Å². The molecule has 11 nitrogen and oxygen atoms in total. The number of carbonyl (C=O) groups excluding carboxylic acids is 3. The molecule has 1 aromatic heterocycles. The molecule has 0 bridgehead atoms. The molecule has 0 saturated heterocycles. The van der Waals surface area contributed by atoms with Crippen molar-refractivity contribution in [3.8, 4) is 0 Å². The van der Waals surface area contributed by atoms with Gasteiger partial charge in [0.1, 0.15) is 18.1 Å². The molecule has 11 heteroatoms. The molecule has 0 radical (unpaired) electrons. The van der Waals surface area contributed by atoms with Crippen LogP contribution in [0.2, 0.25) is 0 Å². The highest BCUT2D eigenvalue weighted by atomic mass is 16.4. The second-order valence-corrected chi connectivity index (χ2v) is 10.0. The zero-order valence-corrected chi connectivity index (χ0v) is 22.4. The predicted molar refractivity (Wildman–Crippen MR) is 143 cm³/mol. The van der Waals surface area contributed by atoms with Crippen LogP contribution in [0.3, 0.4) is 0 Å². The number of imidazole rings is 1. The number of aromatic nitrogens is 2. The van der Waals surface area contributed by atoms with E-state index in [0.29, 0.717) is 12.1 Å². The summed E-state index contributed by atoms with van der Waals surface area (Å²) in [5.41, 5.74) is 7.62. The first-order chi connectivity index (χ1) is 18.0. The zero-order chi connectivity index (χ0) is 28.2. The van der Waals surface area contributed by atoms with Gasteiger partial charge in [-0.15, -0.1) is 0 Å². The molecule has 38 heavy (non-hydrogen) atoms. The average Bonchev–Trinajstić information content (AvgIpc) is 3.39. The highest BCUT2D eigenvalue weighted by molar-refractivity contribution is 5.94. The van der Waals surface area contributed by atoms with Crippen LogP contribution in [0.4, 0.5) is 0 Å². The first-order valence-electron chi connectivity index (χ1n) is 12.9.